The molecule has 0 spiro atoms. The van der Waals surface area contributed by atoms with Gasteiger partial charge < -0.3 is 5.32 Å². The van der Waals surface area contributed by atoms with Crippen molar-refractivity contribution >= 4 is 16.9 Å². The van der Waals surface area contributed by atoms with Crippen molar-refractivity contribution in [3.63, 3.8) is 0 Å². The Bertz CT molecular complexity index is 180. The first-order valence-electron chi connectivity index (χ1n) is 5.74. The molecule has 0 aliphatic carbocycles. The number of hydrogen-bond acceptors (Lipinski definition) is 3. The number of nitrogens with one attached hydrogen (secondary N) is 1. The highest BCUT2D eigenvalue weighted by atomic mass is 32.2. The number of hydrogen-bond donors (Lipinski definition) is 1. The zero-order chi connectivity index (χ0) is 10.2. The van der Waals surface area contributed by atoms with Gasteiger partial charge in [-0.3, -0.25) is 4.99 Å². The van der Waals surface area contributed by atoms with Crippen molar-refractivity contribution in [3.05, 3.63) is 0 Å². The Kier molecular flexibility index (Phi) is 6.08. The monoisotopic (exact) mass is 214 g/mol. The summed E-state index contributed by atoms with van der Waals surface area (Å²) in [6.07, 6.45) is 5.30. The zero-order valence-electron chi connectivity index (χ0n) is 9.38. The predicted octanol–water partition coefficient (Wildman–Crippen LogP) is 2.90. The fourth-order valence-corrected chi connectivity index (χ4v) is 2.33. The minimum atomic E-state index is 0.755. The molecule has 1 aliphatic heterocycles. The third-order valence-electron chi connectivity index (χ3n) is 2.36. The molecule has 0 bridgehead atoms. The second-order valence-corrected chi connectivity index (χ2v) is 5.06. The van der Waals surface area contributed by atoms with Crippen LogP contribution in [0.2, 0.25) is 0 Å². The number of unbranched alkanes of at least 4 members (excludes halogenated alkanes) is 3. The SMILES string of the molecule is CCCCCCNC1=NCC(C)CS1. The van der Waals surface area contributed by atoms with E-state index in [0.717, 1.165) is 19.0 Å². The fraction of sp³-hybridized carbons (Fsp3) is 0.909. The van der Waals surface area contributed by atoms with Crippen LogP contribution in [0.15, 0.2) is 4.99 Å². The topological polar surface area (TPSA) is 24.4 Å². The summed E-state index contributed by atoms with van der Waals surface area (Å²) in [7, 11) is 0. The molecule has 0 saturated heterocycles. The standard InChI is InChI=1S/C11H22N2S/c1-3-4-5-6-7-12-11-13-8-10(2)9-14-11/h10H,3-9H2,1-2H3,(H,12,13). The minimum Gasteiger partial charge on any atom is -0.365 e. The Morgan fingerprint density at radius 2 is 2.29 bits per heavy atom. The Hall–Kier alpha value is -0.180. The molecule has 1 rings (SSSR count). The van der Waals surface area contributed by atoms with Crippen LogP contribution >= 0.6 is 11.8 Å². The Balaban J connectivity index is 2.01. The summed E-state index contributed by atoms with van der Waals surface area (Å²) in [5, 5.41) is 4.58. The van der Waals surface area contributed by atoms with Gasteiger partial charge >= 0.3 is 0 Å². The highest BCUT2D eigenvalue weighted by Crippen LogP contribution is 2.15. The number of amidine groups is 1. The summed E-state index contributed by atoms with van der Waals surface area (Å²) in [5.74, 6) is 1.98. The van der Waals surface area contributed by atoms with Gasteiger partial charge in [0, 0.05) is 18.8 Å². The van der Waals surface area contributed by atoms with Gasteiger partial charge in [-0.15, -0.1) is 0 Å². The first kappa shape index (κ1) is 11.9. The van der Waals surface area contributed by atoms with Crippen LogP contribution in [0, 0.1) is 5.92 Å². The summed E-state index contributed by atoms with van der Waals surface area (Å²) >= 11 is 1.87. The Morgan fingerprint density at radius 3 is 2.93 bits per heavy atom. The molecule has 0 amide bonds. The molecule has 0 saturated carbocycles. The van der Waals surface area contributed by atoms with Crippen molar-refractivity contribution in [1.82, 2.24) is 5.32 Å². The maximum absolute atomic E-state index is 4.50. The van der Waals surface area contributed by atoms with E-state index in [0.29, 0.717) is 0 Å². The van der Waals surface area contributed by atoms with Crippen LogP contribution in [0.1, 0.15) is 39.5 Å². The molecule has 2 nitrogen and oxygen atoms in total. The lowest BCUT2D eigenvalue weighted by Gasteiger charge is -2.17. The Labute approximate surface area is 92.0 Å². The molecule has 0 aromatic rings. The largest absolute Gasteiger partial charge is 0.365 e. The van der Waals surface area contributed by atoms with E-state index in [1.54, 1.807) is 0 Å². The molecule has 1 aliphatic rings. The second-order valence-electron chi connectivity index (χ2n) is 4.05. The summed E-state index contributed by atoms with van der Waals surface area (Å²) in [5.41, 5.74) is 0. The van der Waals surface area contributed by atoms with Crippen molar-refractivity contribution < 1.29 is 0 Å². The molecular formula is C11H22N2S. The van der Waals surface area contributed by atoms with E-state index in [-0.39, 0.29) is 0 Å². The first-order valence-corrected chi connectivity index (χ1v) is 6.72. The highest BCUT2D eigenvalue weighted by Gasteiger charge is 2.10. The smallest absolute Gasteiger partial charge is 0.156 e. The molecule has 1 heterocycles. The van der Waals surface area contributed by atoms with E-state index >= 15 is 0 Å². The second kappa shape index (κ2) is 7.16. The number of thioether (sulfide) groups is 1. The molecule has 0 radical (unpaired) electrons. The van der Waals surface area contributed by atoms with Gasteiger partial charge in [0.15, 0.2) is 5.17 Å². The van der Waals surface area contributed by atoms with Crippen LogP contribution in [-0.4, -0.2) is 24.0 Å². The van der Waals surface area contributed by atoms with Gasteiger partial charge in [-0.25, -0.2) is 0 Å². The molecule has 1 N–H and O–H groups in total. The van der Waals surface area contributed by atoms with Crippen molar-refractivity contribution in [2.45, 2.75) is 39.5 Å². The maximum atomic E-state index is 4.50. The maximum Gasteiger partial charge on any atom is 0.156 e. The van der Waals surface area contributed by atoms with Crippen LogP contribution < -0.4 is 5.32 Å². The summed E-state index contributed by atoms with van der Waals surface area (Å²) in [6, 6.07) is 0. The summed E-state index contributed by atoms with van der Waals surface area (Å²) in [6.45, 7) is 6.61. The van der Waals surface area contributed by atoms with Crippen LogP contribution in [0.25, 0.3) is 0 Å². The van der Waals surface area contributed by atoms with Gasteiger partial charge in [0.2, 0.25) is 0 Å². The van der Waals surface area contributed by atoms with E-state index in [9.17, 15) is 0 Å². The van der Waals surface area contributed by atoms with Gasteiger partial charge in [-0.1, -0.05) is 44.9 Å². The van der Waals surface area contributed by atoms with E-state index in [1.165, 1.54) is 36.6 Å². The number of aliphatic imine (C=N–C) groups is 1. The van der Waals surface area contributed by atoms with Gasteiger partial charge in [0.25, 0.3) is 0 Å². The molecule has 0 fully saturated rings. The summed E-state index contributed by atoms with van der Waals surface area (Å²) in [4.78, 5) is 4.50. The molecule has 0 aromatic heterocycles. The lowest BCUT2D eigenvalue weighted by Crippen LogP contribution is -2.26. The lowest BCUT2D eigenvalue weighted by atomic mass is 10.2. The van der Waals surface area contributed by atoms with Crippen molar-refractivity contribution in [2.24, 2.45) is 10.9 Å². The van der Waals surface area contributed by atoms with E-state index in [2.05, 4.69) is 24.2 Å². The normalized spacial score (nSPS) is 21.9. The summed E-state index contributed by atoms with van der Waals surface area (Å²) < 4.78 is 0. The average Bonchev–Trinajstić information content (AvgIpc) is 2.21. The van der Waals surface area contributed by atoms with E-state index in [1.807, 2.05) is 11.8 Å². The molecule has 0 aromatic carbocycles. The fourth-order valence-electron chi connectivity index (χ4n) is 1.41. The van der Waals surface area contributed by atoms with Crippen molar-refractivity contribution in [1.29, 1.82) is 0 Å². The molecule has 3 heteroatoms. The highest BCUT2D eigenvalue weighted by molar-refractivity contribution is 8.13. The van der Waals surface area contributed by atoms with Crippen LogP contribution in [0.3, 0.4) is 0 Å². The van der Waals surface area contributed by atoms with Crippen LogP contribution in [-0.2, 0) is 0 Å². The number of nitrogens with zero attached hydrogens (tertiary/aromatic N) is 1. The van der Waals surface area contributed by atoms with Gasteiger partial charge in [0.1, 0.15) is 0 Å². The molecule has 1 unspecified atom stereocenters. The third kappa shape index (κ3) is 4.89. The average molecular weight is 214 g/mol. The number of rotatable bonds is 5. The van der Waals surface area contributed by atoms with E-state index < -0.39 is 0 Å². The molecular weight excluding hydrogens is 192 g/mol. The van der Waals surface area contributed by atoms with Gasteiger partial charge in [0.05, 0.1) is 0 Å². The molecule has 82 valence electrons. The van der Waals surface area contributed by atoms with Gasteiger partial charge in [-0.2, -0.15) is 0 Å². The van der Waals surface area contributed by atoms with Gasteiger partial charge in [-0.05, 0) is 12.3 Å². The lowest BCUT2D eigenvalue weighted by molar-refractivity contribution is 0.646. The van der Waals surface area contributed by atoms with Crippen LogP contribution in [0.4, 0.5) is 0 Å². The third-order valence-corrected chi connectivity index (χ3v) is 3.64. The first-order chi connectivity index (χ1) is 6.83. The van der Waals surface area contributed by atoms with E-state index in [4.69, 9.17) is 0 Å². The zero-order valence-corrected chi connectivity index (χ0v) is 10.2. The predicted molar refractivity (Wildman–Crippen MR) is 66.1 cm³/mol. The van der Waals surface area contributed by atoms with Crippen molar-refractivity contribution in [2.75, 3.05) is 18.8 Å². The Morgan fingerprint density at radius 1 is 1.43 bits per heavy atom. The van der Waals surface area contributed by atoms with Crippen molar-refractivity contribution in [3.8, 4) is 0 Å². The quantitative estimate of drug-likeness (QED) is 0.712. The minimum absolute atomic E-state index is 0.755. The molecule has 14 heavy (non-hydrogen) atoms. The molecule has 1 atom stereocenters. The van der Waals surface area contributed by atoms with Crippen LogP contribution in [0.5, 0.6) is 0 Å².